The lowest BCUT2D eigenvalue weighted by atomic mass is 9.81. The average Bonchev–Trinajstić information content (AvgIpc) is 2.90. The highest BCUT2D eigenvalue weighted by Gasteiger charge is 2.49. The SMILES string of the molecule is O=C(c1ccc(Cl)nc1)N1[C@H]2CC[C@H]1CC(O)(Cc1ccc(F)cc1F)C2. The molecule has 2 fully saturated rings. The van der Waals surface area contributed by atoms with Gasteiger partial charge in [0.2, 0.25) is 0 Å². The predicted molar refractivity (Wildman–Crippen MR) is 96.5 cm³/mol. The van der Waals surface area contributed by atoms with Crippen LogP contribution < -0.4 is 0 Å². The monoisotopic (exact) mass is 392 g/mol. The van der Waals surface area contributed by atoms with E-state index in [0.717, 1.165) is 18.9 Å². The van der Waals surface area contributed by atoms with Crippen molar-refractivity contribution in [3.63, 3.8) is 0 Å². The van der Waals surface area contributed by atoms with Gasteiger partial charge in [-0.05, 0) is 49.4 Å². The summed E-state index contributed by atoms with van der Waals surface area (Å²) in [6.07, 6.45) is 3.90. The molecular formula is C20H19ClF2N2O2. The quantitative estimate of drug-likeness (QED) is 0.809. The Morgan fingerprint density at radius 3 is 2.52 bits per heavy atom. The molecule has 4 rings (SSSR count). The second-order valence-corrected chi connectivity index (χ2v) is 7.90. The van der Waals surface area contributed by atoms with E-state index in [4.69, 9.17) is 11.6 Å². The number of amides is 1. The van der Waals surface area contributed by atoms with Crippen LogP contribution in [-0.4, -0.2) is 38.6 Å². The summed E-state index contributed by atoms with van der Waals surface area (Å²) in [6, 6.07) is 6.41. The van der Waals surface area contributed by atoms with Crippen LogP contribution in [0.5, 0.6) is 0 Å². The van der Waals surface area contributed by atoms with E-state index in [-0.39, 0.29) is 24.4 Å². The number of halogens is 3. The molecule has 1 N–H and O–H groups in total. The molecule has 0 spiro atoms. The van der Waals surface area contributed by atoms with Crippen molar-refractivity contribution in [3.05, 3.63) is 64.4 Å². The van der Waals surface area contributed by atoms with Gasteiger partial charge in [0.1, 0.15) is 16.8 Å². The zero-order valence-electron chi connectivity index (χ0n) is 14.5. The number of rotatable bonds is 3. The largest absolute Gasteiger partial charge is 0.389 e. The Labute approximate surface area is 160 Å². The van der Waals surface area contributed by atoms with Crippen molar-refractivity contribution in [2.24, 2.45) is 0 Å². The van der Waals surface area contributed by atoms with Crippen LogP contribution in [0.25, 0.3) is 0 Å². The first kappa shape index (κ1) is 18.3. The van der Waals surface area contributed by atoms with Crippen molar-refractivity contribution in [2.45, 2.75) is 49.8 Å². The van der Waals surface area contributed by atoms with Crippen LogP contribution in [0.4, 0.5) is 8.78 Å². The van der Waals surface area contributed by atoms with Gasteiger partial charge in [-0.15, -0.1) is 0 Å². The van der Waals surface area contributed by atoms with E-state index < -0.39 is 17.2 Å². The molecule has 2 bridgehead atoms. The van der Waals surface area contributed by atoms with E-state index in [1.807, 2.05) is 4.90 Å². The average molecular weight is 393 g/mol. The van der Waals surface area contributed by atoms with Gasteiger partial charge in [-0.3, -0.25) is 4.79 Å². The molecule has 0 aliphatic carbocycles. The number of aliphatic hydroxyl groups is 1. The minimum Gasteiger partial charge on any atom is -0.389 e. The Hall–Kier alpha value is -2.05. The van der Waals surface area contributed by atoms with E-state index in [1.165, 1.54) is 18.3 Å². The standard InChI is InChI=1S/C20H19ClF2N2O2/c21-18-6-2-13(11-24-18)19(26)25-15-4-5-16(25)10-20(27,9-15)8-12-1-3-14(22)7-17(12)23/h1-3,6-7,11,15-16,27H,4-5,8-10H2/t15-,16-/m0/s1. The first-order valence-corrected chi connectivity index (χ1v) is 9.33. The number of carbonyl (C=O) groups excluding carboxylic acids is 1. The van der Waals surface area contributed by atoms with Gasteiger partial charge in [0.15, 0.2) is 0 Å². The molecule has 2 aromatic rings. The summed E-state index contributed by atoms with van der Waals surface area (Å²) < 4.78 is 27.1. The fourth-order valence-electron chi connectivity index (χ4n) is 4.47. The summed E-state index contributed by atoms with van der Waals surface area (Å²) in [6.45, 7) is 0. The molecule has 7 heteroatoms. The van der Waals surface area contributed by atoms with Crippen molar-refractivity contribution in [2.75, 3.05) is 0 Å². The number of piperidine rings is 1. The Morgan fingerprint density at radius 1 is 1.22 bits per heavy atom. The summed E-state index contributed by atoms with van der Waals surface area (Å²) in [7, 11) is 0. The lowest BCUT2D eigenvalue weighted by molar-refractivity contribution is -0.0431. The molecule has 142 valence electrons. The molecule has 0 radical (unpaired) electrons. The van der Waals surface area contributed by atoms with Gasteiger partial charge in [-0.25, -0.2) is 13.8 Å². The van der Waals surface area contributed by atoms with E-state index in [9.17, 15) is 18.7 Å². The number of pyridine rings is 1. The van der Waals surface area contributed by atoms with Crippen LogP contribution in [0.2, 0.25) is 5.15 Å². The van der Waals surface area contributed by atoms with Crippen molar-refractivity contribution in [1.82, 2.24) is 9.88 Å². The van der Waals surface area contributed by atoms with Gasteiger partial charge in [0.25, 0.3) is 5.91 Å². The number of fused-ring (bicyclic) bond motifs is 2. The van der Waals surface area contributed by atoms with Crippen LogP contribution in [0.15, 0.2) is 36.5 Å². The fourth-order valence-corrected chi connectivity index (χ4v) is 4.58. The Bertz CT molecular complexity index is 861. The number of aromatic nitrogens is 1. The van der Waals surface area contributed by atoms with Crippen molar-refractivity contribution >= 4 is 17.5 Å². The fraction of sp³-hybridized carbons (Fsp3) is 0.400. The third kappa shape index (κ3) is 3.56. The highest BCUT2D eigenvalue weighted by Crippen LogP contribution is 2.43. The lowest BCUT2D eigenvalue weighted by Gasteiger charge is -2.44. The van der Waals surface area contributed by atoms with Crippen molar-refractivity contribution in [3.8, 4) is 0 Å². The summed E-state index contributed by atoms with van der Waals surface area (Å²) in [5.74, 6) is -1.41. The zero-order valence-corrected chi connectivity index (χ0v) is 15.3. The zero-order chi connectivity index (χ0) is 19.2. The van der Waals surface area contributed by atoms with Gasteiger partial charge in [0, 0.05) is 30.8 Å². The number of nitrogens with zero attached hydrogens (tertiary/aromatic N) is 2. The maximum absolute atomic E-state index is 14.0. The molecule has 27 heavy (non-hydrogen) atoms. The molecule has 2 atom stereocenters. The van der Waals surface area contributed by atoms with Crippen LogP contribution in [0.1, 0.15) is 41.6 Å². The molecule has 1 aromatic heterocycles. The maximum atomic E-state index is 14.0. The molecule has 2 aliphatic rings. The first-order chi connectivity index (χ1) is 12.8. The molecule has 0 saturated carbocycles. The lowest BCUT2D eigenvalue weighted by Crippen LogP contribution is -2.54. The van der Waals surface area contributed by atoms with Gasteiger partial charge in [0.05, 0.1) is 11.2 Å². The third-order valence-corrected chi connectivity index (χ3v) is 5.82. The number of benzene rings is 1. The highest BCUT2D eigenvalue weighted by molar-refractivity contribution is 6.29. The minimum absolute atomic E-state index is 0.108. The molecule has 3 heterocycles. The Morgan fingerprint density at radius 2 is 1.93 bits per heavy atom. The molecule has 0 unspecified atom stereocenters. The minimum atomic E-state index is -1.11. The van der Waals surface area contributed by atoms with E-state index in [2.05, 4.69) is 4.98 Å². The maximum Gasteiger partial charge on any atom is 0.255 e. The molecule has 2 saturated heterocycles. The van der Waals surface area contributed by atoms with E-state index >= 15 is 0 Å². The van der Waals surface area contributed by atoms with Gasteiger partial charge in [-0.2, -0.15) is 0 Å². The predicted octanol–water partition coefficient (Wildman–Crippen LogP) is 3.75. The normalized spacial score (nSPS) is 27.0. The van der Waals surface area contributed by atoms with Crippen LogP contribution >= 0.6 is 11.6 Å². The molecular weight excluding hydrogens is 374 g/mol. The summed E-state index contributed by atoms with van der Waals surface area (Å²) in [5.41, 5.74) is -0.356. The smallest absolute Gasteiger partial charge is 0.255 e. The van der Waals surface area contributed by atoms with Gasteiger partial charge >= 0.3 is 0 Å². The molecule has 2 aliphatic heterocycles. The number of hydrogen-bond acceptors (Lipinski definition) is 3. The number of hydrogen-bond donors (Lipinski definition) is 1. The van der Waals surface area contributed by atoms with Gasteiger partial charge in [-0.1, -0.05) is 17.7 Å². The summed E-state index contributed by atoms with van der Waals surface area (Å²) >= 11 is 5.79. The summed E-state index contributed by atoms with van der Waals surface area (Å²) in [5, 5.41) is 11.4. The van der Waals surface area contributed by atoms with E-state index in [0.29, 0.717) is 29.1 Å². The third-order valence-electron chi connectivity index (χ3n) is 5.59. The second-order valence-electron chi connectivity index (χ2n) is 7.51. The molecule has 4 nitrogen and oxygen atoms in total. The first-order valence-electron chi connectivity index (χ1n) is 8.95. The topological polar surface area (TPSA) is 53.4 Å². The van der Waals surface area contributed by atoms with Crippen molar-refractivity contribution in [1.29, 1.82) is 0 Å². The Balaban J connectivity index is 1.52. The van der Waals surface area contributed by atoms with Crippen molar-refractivity contribution < 1.29 is 18.7 Å². The van der Waals surface area contributed by atoms with Gasteiger partial charge < -0.3 is 10.0 Å². The van der Waals surface area contributed by atoms with Crippen LogP contribution in [0.3, 0.4) is 0 Å². The Kier molecular flexibility index (Phi) is 4.64. The van der Waals surface area contributed by atoms with Crippen LogP contribution in [0, 0.1) is 11.6 Å². The van der Waals surface area contributed by atoms with E-state index in [1.54, 1.807) is 12.1 Å². The highest BCUT2D eigenvalue weighted by atomic mass is 35.5. The molecule has 1 aromatic carbocycles. The number of carbonyl (C=O) groups is 1. The summed E-state index contributed by atoms with van der Waals surface area (Å²) in [4.78, 5) is 18.7. The molecule has 1 amide bonds. The second kappa shape index (κ2) is 6.84. The van der Waals surface area contributed by atoms with Crippen LogP contribution in [-0.2, 0) is 6.42 Å².